The van der Waals surface area contributed by atoms with Crippen LogP contribution in [-0.2, 0) is 4.84 Å². The van der Waals surface area contributed by atoms with Crippen LogP contribution in [0.4, 0.5) is 0 Å². The summed E-state index contributed by atoms with van der Waals surface area (Å²) in [7, 11) is 1.49. The maximum absolute atomic E-state index is 5.88. The Morgan fingerprint density at radius 3 is 2.54 bits per heavy atom. The zero-order chi connectivity index (χ0) is 18.8. The predicted molar refractivity (Wildman–Crippen MR) is 104 cm³/mol. The monoisotopic (exact) mass is 376 g/mol. The van der Waals surface area contributed by atoms with Crippen molar-refractivity contribution in [1.82, 2.24) is 4.98 Å². The molecule has 0 amide bonds. The first-order chi connectivity index (χ1) is 12.6. The van der Waals surface area contributed by atoms with E-state index in [-0.39, 0.29) is 0 Å². The normalized spacial score (nSPS) is 11.2. The van der Waals surface area contributed by atoms with Crippen molar-refractivity contribution in [2.24, 2.45) is 5.16 Å². The SMILES string of the molecule is C/C=C/COc1cc(C)c(OCCOc2nc(/C=N/OC)cs2)c(C)c1. The van der Waals surface area contributed by atoms with Gasteiger partial charge in [0.2, 0.25) is 0 Å². The van der Waals surface area contributed by atoms with E-state index in [2.05, 4.69) is 15.0 Å². The van der Waals surface area contributed by atoms with Crippen molar-refractivity contribution >= 4 is 17.6 Å². The predicted octanol–water partition coefficient (Wildman–Crippen LogP) is 4.15. The third kappa shape index (κ3) is 6.07. The zero-order valence-corrected chi connectivity index (χ0v) is 16.3. The van der Waals surface area contributed by atoms with Gasteiger partial charge in [0.1, 0.15) is 38.4 Å². The third-order valence-electron chi connectivity index (χ3n) is 3.36. The quantitative estimate of drug-likeness (QED) is 0.270. The summed E-state index contributed by atoms with van der Waals surface area (Å²) in [5, 5.41) is 6.09. The molecule has 1 heterocycles. The number of rotatable bonds is 10. The highest BCUT2D eigenvalue weighted by Gasteiger charge is 2.08. The van der Waals surface area contributed by atoms with Crippen molar-refractivity contribution in [3.8, 4) is 16.7 Å². The number of aryl methyl sites for hydroxylation is 2. The molecule has 0 fully saturated rings. The van der Waals surface area contributed by atoms with Gasteiger partial charge in [-0.05, 0) is 44.0 Å². The molecule has 0 atom stereocenters. The maximum atomic E-state index is 5.88. The van der Waals surface area contributed by atoms with Gasteiger partial charge in [-0.1, -0.05) is 28.6 Å². The smallest absolute Gasteiger partial charge is 0.273 e. The van der Waals surface area contributed by atoms with Crippen LogP contribution in [0, 0.1) is 13.8 Å². The van der Waals surface area contributed by atoms with Gasteiger partial charge in [0.15, 0.2) is 0 Å². The van der Waals surface area contributed by atoms with Crippen LogP contribution in [0.3, 0.4) is 0 Å². The number of thiazole rings is 1. The van der Waals surface area contributed by atoms with Gasteiger partial charge in [-0.25, -0.2) is 4.98 Å². The van der Waals surface area contributed by atoms with Crippen LogP contribution in [-0.4, -0.2) is 38.1 Å². The van der Waals surface area contributed by atoms with Gasteiger partial charge in [-0.3, -0.25) is 0 Å². The molecule has 2 aromatic rings. The highest BCUT2D eigenvalue weighted by Crippen LogP contribution is 2.28. The minimum atomic E-state index is 0.410. The minimum Gasteiger partial charge on any atom is -0.490 e. The molecule has 0 saturated carbocycles. The van der Waals surface area contributed by atoms with E-state index in [1.54, 1.807) is 0 Å². The Hall–Kier alpha value is -2.54. The van der Waals surface area contributed by atoms with Crippen LogP contribution in [0.15, 0.2) is 34.8 Å². The maximum Gasteiger partial charge on any atom is 0.273 e. The van der Waals surface area contributed by atoms with Crippen molar-refractivity contribution < 1.29 is 19.0 Å². The molecule has 0 unspecified atom stereocenters. The Morgan fingerprint density at radius 1 is 1.12 bits per heavy atom. The lowest BCUT2D eigenvalue weighted by molar-refractivity contribution is 0.213. The summed E-state index contributed by atoms with van der Waals surface area (Å²) in [5.74, 6) is 1.70. The zero-order valence-electron chi connectivity index (χ0n) is 15.5. The molecule has 0 radical (unpaired) electrons. The van der Waals surface area contributed by atoms with Gasteiger partial charge in [0, 0.05) is 5.38 Å². The van der Waals surface area contributed by atoms with E-state index < -0.39 is 0 Å². The lowest BCUT2D eigenvalue weighted by atomic mass is 10.1. The van der Waals surface area contributed by atoms with Crippen molar-refractivity contribution in [3.05, 3.63) is 46.5 Å². The summed E-state index contributed by atoms with van der Waals surface area (Å²) in [6, 6.07) is 3.96. The molecule has 0 saturated heterocycles. The second-order valence-electron chi connectivity index (χ2n) is 5.42. The number of benzene rings is 1. The van der Waals surface area contributed by atoms with Gasteiger partial charge in [0.25, 0.3) is 5.19 Å². The first kappa shape index (κ1) is 19.8. The lowest BCUT2D eigenvalue weighted by Gasteiger charge is -2.14. The van der Waals surface area contributed by atoms with Crippen molar-refractivity contribution in [2.45, 2.75) is 20.8 Å². The van der Waals surface area contributed by atoms with Crippen LogP contribution >= 0.6 is 11.3 Å². The average molecular weight is 376 g/mol. The molecule has 0 bridgehead atoms. The first-order valence-corrected chi connectivity index (χ1v) is 9.15. The van der Waals surface area contributed by atoms with Crippen molar-refractivity contribution in [3.63, 3.8) is 0 Å². The van der Waals surface area contributed by atoms with E-state index >= 15 is 0 Å². The van der Waals surface area contributed by atoms with E-state index in [9.17, 15) is 0 Å². The van der Waals surface area contributed by atoms with Crippen LogP contribution in [0.2, 0.25) is 0 Å². The van der Waals surface area contributed by atoms with E-state index in [0.717, 1.165) is 22.6 Å². The van der Waals surface area contributed by atoms with E-state index in [1.807, 2.05) is 50.4 Å². The molecule has 0 aliphatic heterocycles. The third-order valence-corrected chi connectivity index (χ3v) is 4.13. The van der Waals surface area contributed by atoms with Crippen LogP contribution in [0.1, 0.15) is 23.7 Å². The fraction of sp³-hybridized carbons (Fsp3) is 0.368. The molecular formula is C19H24N2O4S. The number of ether oxygens (including phenoxy) is 3. The van der Waals surface area contributed by atoms with Gasteiger partial charge in [-0.2, -0.15) is 0 Å². The molecule has 7 heteroatoms. The molecule has 1 aromatic heterocycles. The summed E-state index contributed by atoms with van der Waals surface area (Å²) in [4.78, 5) is 8.89. The number of hydrogen-bond acceptors (Lipinski definition) is 7. The Bertz CT molecular complexity index is 733. The molecule has 0 spiro atoms. The summed E-state index contributed by atoms with van der Waals surface area (Å²) in [6.45, 7) is 7.39. The lowest BCUT2D eigenvalue weighted by Crippen LogP contribution is -2.10. The molecule has 2 rings (SSSR count). The topological polar surface area (TPSA) is 62.2 Å². The Morgan fingerprint density at radius 2 is 1.85 bits per heavy atom. The fourth-order valence-corrected chi connectivity index (χ4v) is 2.88. The summed E-state index contributed by atoms with van der Waals surface area (Å²) in [6.07, 6.45) is 5.47. The molecule has 6 nitrogen and oxygen atoms in total. The van der Waals surface area contributed by atoms with Crippen molar-refractivity contribution in [2.75, 3.05) is 26.9 Å². The highest BCUT2D eigenvalue weighted by molar-refractivity contribution is 7.11. The molecular weight excluding hydrogens is 352 g/mol. The molecule has 140 valence electrons. The molecule has 0 N–H and O–H groups in total. The summed E-state index contributed by atoms with van der Waals surface area (Å²) < 4.78 is 17.2. The van der Waals surface area contributed by atoms with E-state index in [0.29, 0.717) is 30.7 Å². The van der Waals surface area contributed by atoms with Gasteiger partial charge in [-0.15, -0.1) is 0 Å². The minimum absolute atomic E-state index is 0.410. The molecule has 0 aliphatic rings. The number of allylic oxidation sites excluding steroid dienone is 1. The molecule has 26 heavy (non-hydrogen) atoms. The van der Waals surface area contributed by atoms with E-state index in [4.69, 9.17) is 14.2 Å². The fourth-order valence-electron chi connectivity index (χ4n) is 2.24. The standard InChI is InChI=1S/C19H24N2O4S/c1-5-6-7-23-17-10-14(2)18(15(3)11-17)24-8-9-25-19-21-16(13-26-19)12-20-22-4/h5-6,10-13H,7-9H2,1-4H3/b6-5+,20-12+. The second kappa shape index (κ2) is 10.5. The van der Waals surface area contributed by atoms with Gasteiger partial charge >= 0.3 is 0 Å². The number of oxime groups is 1. The summed E-state index contributed by atoms with van der Waals surface area (Å²) in [5.41, 5.74) is 2.77. The largest absolute Gasteiger partial charge is 0.490 e. The van der Waals surface area contributed by atoms with Gasteiger partial charge < -0.3 is 19.0 Å². The highest BCUT2D eigenvalue weighted by atomic mass is 32.1. The Labute approximate surface area is 158 Å². The average Bonchev–Trinajstić information content (AvgIpc) is 3.06. The number of aromatic nitrogens is 1. The Balaban J connectivity index is 1.83. The van der Waals surface area contributed by atoms with Crippen LogP contribution in [0.25, 0.3) is 0 Å². The van der Waals surface area contributed by atoms with Crippen LogP contribution in [0.5, 0.6) is 16.7 Å². The molecule has 1 aromatic carbocycles. The Kier molecular flexibility index (Phi) is 7.95. The first-order valence-electron chi connectivity index (χ1n) is 8.27. The van der Waals surface area contributed by atoms with Gasteiger partial charge in [0.05, 0.1) is 11.9 Å². The number of nitrogens with zero attached hydrogens (tertiary/aromatic N) is 2. The van der Waals surface area contributed by atoms with Crippen molar-refractivity contribution in [1.29, 1.82) is 0 Å². The summed E-state index contributed by atoms with van der Waals surface area (Å²) >= 11 is 1.41. The molecule has 0 aliphatic carbocycles. The second-order valence-corrected chi connectivity index (χ2v) is 6.24. The number of hydrogen-bond donors (Lipinski definition) is 0. The van der Waals surface area contributed by atoms with Crippen LogP contribution < -0.4 is 14.2 Å². The van der Waals surface area contributed by atoms with E-state index in [1.165, 1.54) is 24.7 Å².